The predicted molar refractivity (Wildman–Crippen MR) is 80.8 cm³/mol. The van der Waals surface area contributed by atoms with E-state index in [1.165, 1.54) is 44.2 Å². The first kappa shape index (κ1) is 13.1. The zero-order chi connectivity index (χ0) is 13.1. The second kappa shape index (κ2) is 6.06. The number of rotatable bonds is 3. The second-order valence-electron chi connectivity index (χ2n) is 5.56. The summed E-state index contributed by atoms with van der Waals surface area (Å²) in [6, 6.07) is 6.93. The monoisotopic (exact) mass is 323 g/mol. The number of aromatic nitrogens is 2. The number of hydrogen-bond acceptors (Lipinski definition) is 3. The quantitative estimate of drug-likeness (QED) is 0.695. The predicted octanol–water partition coefficient (Wildman–Crippen LogP) is 3.46. The van der Waals surface area contributed by atoms with Crippen molar-refractivity contribution in [1.29, 1.82) is 0 Å². The number of benzene rings is 1. The Bertz CT molecular complexity index is 537. The molecule has 0 bridgehead atoms. The summed E-state index contributed by atoms with van der Waals surface area (Å²) >= 11 is 0.0663. The fraction of sp³-hybridized carbons (Fsp3) is 0.600. The molecule has 3 nitrogen and oxygen atoms in total. The molecule has 2 aromatic rings. The summed E-state index contributed by atoms with van der Waals surface area (Å²) in [5, 5.41) is 3.72. The molecule has 0 spiro atoms. The van der Waals surface area contributed by atoms with Crippen LogP contribution in [0, 0.1) is 5.92 Å². The molecular weight excluding hydrogens is 301 g/mol. The van der Waals surface area contributed by atoms with Gasteiger partial charge in [-0.15, -0.1) is 0 Å². The van der Waals surface area contributed by atoms with Gasteiger partial charge in [0.05, 0.1) is 0 Å². The Hall–Kier alpha value is -0.861. The van der Waals surface area contributed by atoms with Crippen LogP contribution in [0.2, 0.25) is 0 Å². The van der Waals surface area contributed by atoms with Gasteiger partial charge < -0.3 is 0 Å². The molecule has 1 aromatic carbocycles. The molecule has 102 valence electrons. The van der Waals surface area contributed by atoms with Crippen molar-refractivity contribution >= 4 is 31.7 Å². The molecule has 2 atom stereocenters. The third-order valence-electron chi connectivity index (χ3n) is 4.31. The molecule has 2 unspecified atom stereocenters. The van der Waals surface area contributed by atoms with Gasteiger partial charge in [-0.2, -0.15) is 0 Å². The van der Waals surface area contributed by atoms with Crippen molar-refractivity contribution < 1.29 is 0 Å². The molecule has 4 heteroatoms. The molecule has 0 saturated heterocycles. The van der Waals surface area contributed by atoms with Gasteiger partial charge in [-0.05, 0) is 0 Å². The summed E-state index contributed by atoms with van der Waals surface area (Å²) in [5.41, 5.74) is 3.37. The van der Waals surface area contributed by atoms with Gasteiger partial charge in [-0.25, -0.2) is 0 Å². The Labute approximate surface area is 121 Å². The average Bonchev–Trinajstić information content (AvgIpc) is 2.80. The maximum absolute atomic E-state index is 4.55. The van der Waals surface area contributed by atoms with Gasteiger partial charge in [0, 0.05) is 0 Å². The first-order valence-electron chi connectivity index (χ1n) is 7.34. The Kier molecular flexibility index (Phi) is 4.19. The molecule has 0 amide bonds. The van der Waals surface area contributed by atoms with Gasteiger partial charge >= 0.3 is 121 Å². The van der Waals surface area contributed by atoms with E-state index in [0.717, 1.165) is 17.0 Å². The van der Waals surface area contributed by atoms with Gasteiger partial charge in [-0.1, -0.05) is 0 Å². The van der Waals surface area contributed by atoms with E-state index in [0.29, 0.717) is 6.04 Å². The molecule has 1 N–H and O–H groups in total. The molecule has 1 aliphatic rings. The second-order valence-corrected chi connectivity index (χ2v) is 6.67. The van der Waals surface area contributed by atoms with Gasteiger partial charge in [0.2, 0.25) is 0 Å². The fourth-order valence-electron chi connectivity index (χ4n) is 3.07. The maximum atomic E-state index is 4.55. The van der Waals surface area contributed by atoms with Crippen LogP contribution in [0.5, 0.6) is 0 Å². The van der Waals surface area contributed by atoms with Crippen molar-refractivity contribution in [3.05, 3.63) is 18.2 Å². The van der Waals surface area contributed by atoms with Crippen LogP contribution in [-0.4, -0.2) is 29.0 Å². The number of hydrogen-bond donors (Lipinski definition) is 1. The van der Waals surface area contributed by atoms with Crippen molar-refractivity contribution in [1.82, 2.24) is 7.96 Å². The molecule has 3 rings (SSSR count). The SMILES string of the molecule is CCC1CCCC(Nc2cccc3n[se]nc23)CC1. The van der Waals surface area contributed by atoms with Crippen molar-refractivity contribution in [3.63, 3.8) is 0 Å². The van der Waals surface area contributed by atoms with Crippen LogP contribution in [0.1, 0.15) is 45.4 Å². The Morgan fingerprint density at radius 3 is 3.05 bits per heavy atom. The van der Waals surface area contributed by atoms with E-state index >= 15 is 0 Å². The summed E-state index contributed by atoms with van der Waals surface area (Å²) in [6.07, 6.45) is 8.06. The van der Waals surface area contributed by atoms with E-state index in [4.69, 9.17) is 0 Å². The molecule has 19 heavy (non-hydrogen) atoms. The third kappa shape index (κ3) is 3.01. The van der Waals surface area contributed by atoms with E-state index in [-0.39, 0.29) is 15.0 Å². The normalized spacial score (nSPS) is 24.3. The van der Waals surface area contributed by atoms with E-state index in [9.17, 15) is 0 Å². The third-order valence-corrected chi connectivity index (χ3v) is 5.45. The van der Waals surface area contributed by atoms with Crippen LogP contribution >= 0.6 is 0 Å². The van der Waals surface area contributed by atoms with E-state index in [1.54, 1.807) is 0 Å². The van der Waals surface area contributed by atoms with Gasteiger partial charge in [0.15, 0.2) is 0 Å². The van der Waals surface area contributed by atoms with Crippen molar-refractivity contribution in [3.8, 4) is 0 Å². The molecule has 0 aliphatic heterocycles. The zero-order valence-electron chi connectivity index (χ0n) is 11.4. The number of anilines is 1. The van der Waals surface area contributed by atoms with Gasteiger partial charge in [0.25, 0.3) is 0 Å². The molecule has 1 aromatic heterocycles. The summed E-state index contributed by atoms with van der Waals surface area (Å²) in [4.78, 5) is 0. The summed E-state index contributed by atoms with van der Waals surface area (Å²) in [7, 11) is 0. The molecule has 1 saturated carbocycles. The van der Waals surface area contributed by atoms with Gasteiger partial charge in [0.1, 0.15) is 0 Å². The standard InChI is InChI=1S/C15H21N3Se/c1-2-11-5-3-6-12(10-9-11)16-13-7-4-8-14-15(13)18-19-17-14/h4,7-8,11-12,16H,2-3,5-6,9-10H2,1H3. The van der Waals surface area contributed by atoms with Crippen LogP contribution in [0.4, 0.5) is 5.69 Å². The van der Waals surface area contributed by atoms with E-state index < -0.39 is 0 Å². The molecule has 0 radical (unpaired) electrons. The molecule has 1 aliphatic carbocycles. The fourth-order valence-corrected chi connectivity index (χ4v) is 4.23. The van der Waals surface area contributed by atoms with Crippen LogP contribution in [0.15, 0.2) is 18.2 Å². The Balaban J connectivity index is 1.72. The van der Waals surface area contributed by atoms with Crippen molar-refractivity contribution in [2.24, 2.45) is 5.92 Å². The number of fused-ring (bicyclic) bond motifs is 1. The van der Waals surface area contributed by atoms with Crippen LogP contribution in [-0.2, 0) is 0 Å². The van der Waals surface area contributed by atoms with Crippen LogP contribution in [0.25, 0.3) is 11.0 Å². The molecule has 1 heterocycles. The first-order valence-corrected chi connectivity index (χ1v) is 8.88. The van der Waals surface area contributed by atoms with Crippen LogP contribution in [0.3, 0.4) is 0 Å². The molecule has 1 fully saturated rings. The van der Waals surface area contributed by atoms with E-state index in [2.05, 4.69) is 38.4 Å². The summed E-state index contributed by atoms with van der Waals surface area (Å²) in [6.45, 7) is 2.32. The minimum atomic E-state index is 0.0663. The van der Waals surface area contributed by atoms with Crippen molar-refractivity contribution in [2.75, 3.05) is 5.32 Å². The topological polar surface area (TPSA) is 37.8 Å². The van der Waals surface area contributed by atoms with Crippen LogP contribution < -0.4 is 5.32 Å². The summed E-state index contributed by atoms with van der Waals surface area (Å²) in [5.74, 6) is 0.941. The Morgan fingerprint density at radius 2 is 2.16 bits per heavy atom. The minimum absolute atomic E-state index is 0.0663. The zero-order valence-corrected chi connectivity index (χ0v) is 13.1. The van der Waals surface area contributed by atoms with E-state index in [1.807, 2.05) is 0 Å². The number of nitrogens with zero attached hydrogens (tertiary/aromatic N) is 2. The average molecular weight is 322 g/mol. The van der Waals surface area contributed by atoms with Crippen molar-refractivity contribution in [2.45, 2.75) is 51.5 Å². The first-order chi connectivity index (χ1) is 9.36. The van der Waals surface area contributed by atoms with Gasteiger partial charge in [-0.3, -0.25) is 0 Å². The number of nitrogens with one attached hydrogen (secondary N) is 1. The Morgan fingerprint density at radius 1 is 1.21 bits per heavy atom. The molecular formula is C15H21N3Se. The summed E-state index contributed by atoms with van der Waals surface area (Å²) < 4.78 is 9.01.